The fourth-order valence-electron chi connectivity index (χ4n) is 1.33. The molecule has 0 aliphatic heterocycles. The van der Waals surface area contributed by atoms with Crippen LogP contribution in [0.3, 0.4) is 0 Å². The standard InChI is InChI=1S/C12H20N2/c1-5-13(3)11-8-7-9-12(10-11)14(4)6-2/h7-10H,5-6H2,1-4H3. The Morgan fingerprint density at radius 1 is 0.929 bits per heavy atom. The van der Waals surface area contributed by atoms with Crippen molar-refractivity contribution in [1.29, 1.82) is 0 Å². The molecule has 0 bridgehead atoms. The molecule has 0 N–H and O–H groups in total. The van der Waals surface area contributed by atoms with E-state index in [0.717, 1.165) is 13.1 Å². The molecular weight excluding hydrogens is 172 g/mol. The van der Waals surface area contributed by atoms with Crippen molar-refractivity contribution >= 4 is 11.4 Å². The van der Waals surface area contributed by atoms with Crippen molar-refractivity contribution in [2.45, 2.75) is 13.8 Å². The molecule has 0 amide bonds. The third-order valence-corrected chi connectivity index (χ3v) is 2.66. The van der Waals surface area contributed by atoms with E-state index in [-0.39, 0.29) is 0 Å². The normalized spacial score (nSPS) is 10.0. The van der Waals surface area contributed by atoms with Gasteiger partial charge in [0.15, 0.2) is 0 Å². The minimum Gasteiger partial charge on any atom is -0.375 e. The van der Waals surface area contributed by atoms with Crippen molar-refractivity contribution in [3.05, 3.63) is 24.3 Å². The van der Waals surface area contributed by atoms with Gasteiger partial charge >= 0.3 is 0 Å². The first-order valence-electron chi connectivity index (χ1n) is 5.21. The average molecular weight is 192 g/mol. The number of anilines is 2. The van der Waals surface area contributed by atoms with Crippen LogP contribution in [0.1, 0.15) is 13.8 Å². The zero-order valence-corrected chi connectivity index (χ0v) is 9.62. The first-order valence-corrected chi connectivity index (χ1v) is 5.21. The van der Waals surface area contributed by atoms with Gasteiger partial charge in [0.05, 0.1) is 0 Å². The molecule has 1 aromatic rings. The Labute approximate surface area is 87.1 Å². The lowest BCUT2D eigenvalue weighted by Crippen LogP contribution is -2.18. The molecule has 0 saturated carbocycles. The van der Waals surface area contributed by atoms with Crippen LogP contribution in [0, 0.1) is 0 Å². The van der Waals surface area contributed by atoms with E-state index in [1.54, 1.807) is 0 Å². The third-order valence-electron chi connectivity index (χ3n) is 2.66. The molecule has 0 unspecified atom stereocenters. The van der Waals surface area contributed by atoms with Crippen LogP contribution >= 0.6 is 0 Å². The smallest absolute Gasteiger partial charge is 0.0384 e. The van der Waals surface area contributed by atoms with Gasteiger partial charge in [0.25, 0.3) is 0 Å². The van der Waals surface area contributed by atoms with Crippen LogP contribution in [-0.4, -0.2) is 27.2 Å². The summed E-state index contributed by atoms with van der Waals surface area (Å²) in [5.41, 5.74) is 2.57. The van der Waals surface area contributed by atoms with E-state index in [1.807, 2.05) is 0 Å². The molecule has 0 aliphatic rings. The maximum absolute atomic E-state index is 2.24. The van der Waals surface area contributed by atoms with Gasteiger partial charge in [-0.05, 0) is 32.0 Å². The molecule has 0 heterocycles. The Balaban J connectivity index is 2.89. The second-order valence-electron chi connectivity index (χ2n) is 3.55. The molecule has 1 rings (SSSR count). The van der Waals surface area contributed by atoms with Crippen LogP contribution < -0.4 is 9.80 Å². The van der Waals surface area contributed by atoms with Gasteiger partial charge < -0.3 is 9.80 Å². The van der Waals surface area contributed by atoms with E-state index < -0.39 is 0 Å². The molecule has 0 aromatic heterocycles. The molecule has 0 fully saturated rings. The number of rotatable bonds is 4. The first-order chi connectivity index (χ1) is 6.69. The van der Waals surface area contributed by atoms with Gasteiger partial charge in [-0.25, -0.2) is 0 Å². The number of hydrogen-bond acceptors (Lipinski definition) is 2. The summed E-state index contributed by atoms with van der Waals surface area (Å²) in [7, 11) is 4.23. The van der Waals surface area contributed by atoms with Crippen molar-refractivity contribution in [1.82, 2.24) is 0 Å². The summed E-state index contributed by atoms with van der Waals surface area (Å²) in [5, 5.41) is 0. The van der Waals surface area contributed by atoms with E-state index in [9.17, 15) is 0 Å². The minimum absolute atomic E-state index is 1.04. The Morgan fingerprint density at radius 3 is 1.71 bits per heavy atom. The van der Waals surface area contributed by atoms with E-state index in [2.05, 4.69) is 62.0 Å². The summed E-state index contributed by atoms with van der Waals surface area (Å²) >= 11 is 0. The quantitative estimate of drug-likeness (QED) is 0.723. The lowest BCUT2D eigenvalue weighted by molar-refractivity contribution is 0.950. The minimum atomic E-state index is 1.04. The van der Waals surface area contributed by atoms with Crippen molar-refractivity contribution in [2.24, 2.45) is 0 Å². The molecule has 1 aromatic carbocycles. The average Bonchev–Trinajstić information content (AvgIpc) is 2.27. The molecule has 78 valence electrons. The maximum Gasteiger partial charge on any atom is 0.0384 e. The van der Waals surface area contributed by atoms with Crippen molar-refractivity contribution < 1.29 is 0 Å². The van der Waals surface area contributed by atoms with Gasteiger partial charge in [0.2, 0.25) is 0 Å². The zero-order chi connectivity index (χ0) is 10.6. The molecule has 0 saturated heterocycles. The Bertz CT molecular complexity index is 258. The molecule has 0 aliphatic carbocycles. The summed E-state index contributed by atoms with van der Waals surface area (Å²) in [4.78, 5) is 4.49. The Morgan fingerprint density at radius 2 is 1.36 bits per heavy atom. The van der Waals surface area contributed by atoms with Crippen molar-refractivity contribution in [3.8, 4) is 0 Å². The zero-order valence-electron chi connectivity index (χ0n) is 9.62. The van der Waals surface area contributed by atoms with Crippen LogP contribution in [-0.2, 0) is 0 Å². The number of hydrogen-bond donors (Lipinski definition) is 0. The predicted octanol–water partition coefficient (Wildman–Crippen LogP) is 2.60. The Kier molecular flexibility index (Phi) is 3.81. The van der Waals surface area contributed by atoms with Crippen molar-refractivity contribution in [2.75, 3.05) is 37.0 Å². The second kappa shape index (κ2) is 4.89. The highest BCUT2D eigenvalue weighted by atomic mass is 15.1. The summed E-state index contributed by atoms with van der Waals surface area (Å²) in [5.74, 6) is 0. The second-order valence-corrected chi connectivity index (χ2v) is 3.55. The molecule has 0 atom stereocenters. The highest BCUT2D eigenvalue weighted by Crippen LogP contribution is 2.20. The lowest BCUT2D eigenvalue weighted by atomic mass is 10.2. The predicted molar refractivity (Wildman–Crippen MR) is 64.3 cm³/mol. The van der Waals surface area contributed by atoms with E-state index in [0.29, 0.717) is 0 Å². The molecule has 2 nitrogen and oxygen atoms in total. The summed E-state index contributed by atoms with van der Waals surface area (Å²) in [6.07, 6.45) is 0. The SMILES string of the molecule is CCN(C)c1cccc(N(C)CC)c1. The van der Waals surface area contributed by atoms with Gasteiger partial charge in [-0.3, -0.25) is 0 Å². The van der Waals surface area contributed by atoms with Crippen LogP contribution in [0.4, 0.5) is 11.4 Å². The van der Waals surface area contributed by atoms with Gasteiger partial charge in [0, 0.05) is 38.6 Å². The van der Waals surface area contributed by atoms with Gasteiger partial charge in [0.1, 0.15) is 0 Å². The third kappa shape index (κ3) is 2.41. The van der Waals surface area contributed by atoms with E-state index in [1.165, 1.54) is 11.4 Å². The van der Waals surface area contributed by atoms with Crippen LogP contribution in [0.15, 0.2) is 24.3 Å². The number of benzene rings is 1. The Hall–Kier alpha value is -1.18. The highest BCUT2D eigenvalue weighted by Gasteiger charge is 2.01. The summed E-state index contributed by atoms with van der Waals surface area (Å²) < 4.78 is 0. The summed E-state index contributed by atoms with van der Waals surface area (Å²) in [6, 6.07) is 8.64. The largest absolute Gasteiger partial charge is 0.375 e. The topological polar surface area (TPSA) is 6.48 Å². The van der Waals surface area contributed by atoms with Crippen LogP contribution in [0.2, 0.25) is 0 Å². The van der Waals surface area contributed by atoms with Crippen molar-refractivity contribution in [3.63, 3.8) is 0 Å². The lowest BCUT2D eigenvalue weighted by Gasteiger charge is -2.21. The van der Waals surface area contributed by atoms with E-state index in [4.69, 9.17) is 0 Å². The molecular formula is C12H20N2. The highest BCUT2D eigenvalue weighted by molar-refractivity contribution is 5.58. The maximum atomic E-state index is 2.24. The van der Waals surface area contributed by atoms with Gasteiger partial charge in [-0.1, -0.05) is 6.07 Å². The summed E-state index contributed by atoms with van der Waals surface area (Å²) in [6.45, 7) is 6.41. The van der Waals surface area contributed by atoms with Gasteiger partial charge in [-0.2, -0.15) is 0 Å². The monoisotopic (exact) mass is 192 g/mol. The molecule has 0 radical (unpaired) electrons. The van der Waals surface area contributed by atoms with Gasteiger partial charge in [-0.15, -0.1) is 0 Å². The fourth-order valence-corrected chi connectivity index (χ4v) is 1.33. The molecule has 2 heteroatoms. The molecule has 0 spiro atoms. The fraction of sp³-hybridized carbons (Fsp3) is 0.500. The van der Waals surface area contributed by atoms with Crippen LogP contribution in [0.25, 0.3) is 0 Å². The van der Waals surface area contributed by atoms with Crippen LogP contribution in [0.5, 0.6) is 0 Å². The molecule has 14 heavy (non-hydrogen) atoms. The first kappa shape index (κ1) is 10.9. The number of nitrogens with zero attached hydrogens (tertiary/aromatic N) is 2. The van der Waals surface area contributed by atoms with E-state index >= 15 is 0 Å².